The molecule has 1 saturated heterocycles. The highest BCUT2D eigenvalue weighted by Crippen LogP contribution is 2.34. The van der Waals surface area contributed by atoms with Crippen molar-refractivity contribution in [2.45, 2.75) is 32.4 Å². The van der Waals surface area contributed by atoms with E-state index in [1.54, 1.807) is 60.4 Å². The first-order valence-electron chi connectivity index (χ1n) is 12.7. The van der Waals surface area contributed by atoms with Crippen LogP contribution in [0.25, 0.3) is 0 Å². The number of aliphatic hydroxyl groups excluding tert-OH is 1. The zero-order valence-electron chi connectivity index (χ0n) is 22.0. The summed E-state index contributed by atoms with van der Waals surface area (Å²) in [6.45, 7) is 6.72. The summed E-state index contributed by atoms with van der Waals surface area (Å²) in [5.41, 5.74) is 1.64. The van der Waals surface area contributed by atoms with Crippen molar-refractivity contribution >= 4 is 23.2 Å². The third-order valence-electron chi connectivity index (χ3n) is 6.27. The van der Waals surface area contributed by atoms with Crippen molar-refractivity contribution in [3.05, 3.63) is 94.5 Å². The number of carbonyl (C=O) groups is 1. The van der Waals surface area contributed by atoms with Crippen LogP contribution in [-0.4, -0.2) is 53.9 Å². The van der Waals surface area contributed by atoms with Crippen molar-refractivity contribution < 1.29 is 19.7 Å². The highest BCUT2D eigenvalue weighted by molar-refractivity contribution is 6.30. The fourth-order valence-electron chi connectivity index (χ4n) is 4.51. The lowest BCUT2D eigenvalue weighted by atomic mass is 9.93. The van der Waals surface area contributed by atoms with Gasteiger partial charge in [0.05, 0.1) is 36.4 Å². The van der Waals surface area contributed by atoms with E-state index in [4.69, 9.17) is 26.7 Å². The summed E-state index contributed by atoms with van der Waals surface area (Å²) in [5, 5.41) is 29.9. The number of nitrogens with zero attached hydrogens (tertiary/aromatic N) is 3. The van der Waals surface area contributed by atoms with Crippen molar-refractivity contribution in [1.82, 2.24) is 4.90 Å². The molecule has 1 heterocycles. The molecular weight excluding hydrogens is 502 g/mol. The smallest absolute Gasteiger partial charge is 0.241 e. The SMILES string of the molecule is CC.C[C@@](O)(CN1CC(=O)N(c2ccc(OCCO)cc2)[C@H](c2ccc(Cl)cc2)C1)c1ccc(C#N)cc1. The second kappa shape index (κ2) is 13.4. The van der Waals surface area contributed by atoms with Crippen molar-refractivity contribution in [1.29, 1.82) is 5.26 Å². The Balaban J connectivity index is 0.00000195. The van der Waals surface area contributed by atoms with Gasteiger partial charge in [-0.2, -0.15) is 5.26 Å². The lowest BCUT2D eigenvalue weighted by Crippen LogP contribution is -2.55. The van der Waals surface area contributed by atoms with E-state index in [-0.39, 0.29) is 38.3 Å². The van der Waals surface area contributed by atoms with E-state index in [9.17, 15) is 9.90 Å². The number of halogens is 1. The number of rotatable bonds is 8. The number of amides is 1. The van der Waals surface area contributed by atoms with Gasteiger partial charge in [0.25, 0.3) is 0 Å². The third kappa shape index (κ3) is 7.12. The van der Waals surface area contributed by atoms with Gasteiger partial charge in [-0.3, -0.25) is 9.69 Å². The normalized spacial score (nSPS) is 17.1. The van der Waals surface area contributed by atoms with Crippen LogP contribution in [0.15, 0.2) is 72.8 Å². The van der Waals surface area contributed by atoms with Crippen LogP contribution in [0.4, 0.5) is 5.69 Å². The van der Waals surface area contributed by atoms with E-state index in [1.165, 1.54) is 0 Å². The molecule has 2 atom stereocenters. The molecule has 7 nitrogen and oxygen atoms in total. The maximum Gasteiger partial charge on any atom is 0.241 e. The predicted molar refractivity (Wildman–Crippen MR) is 149 cm³/mol. The van der Waals surface area contributed by atoms with Gasteiger partial charge in [-0.1, -0.05) is 49.7 Å². The Kier molecular flexibility index (Phi) is 10.3. The number of anilines is 1. The fraction of sp³-hybridized carbons (Fsp3) is 0.333. The number of piperazine rings is 1. The number of hydrogen-bond acceptors (Lipinski definition) is 6. The highest BCUT2D eigenvalue weighted by atomic mass is 35.5. The van der Waals surface area contributed by atoms with Crippen molar-refractivity contribution in [3.8, 4) is 11.8 Å². The van der Waals surface area contributed by atoms with Gasteiger partial charge >= 0.3 is 0 Å². The molecule has 0 radical (unpaired) electrons. The van der Waals surface area contributed by atoms with Gasteiger partial charge in [-0.05, 0) is 66.6 Å². The van der Waals surface area contributed by atoms with Gasteiger partial charge < -0.3 is 19.8 Å². The van der Waals surface area contributed by atoms with E-state index in [2.05, 4.69) is 6.07 Å². The second-order valence-corrected chi connectivity index (χ2v) is 9.47. The van der Waals surface area contributed by atoms with E-state index < -0.39 is 5.60 Å². The molecule has 0 unspecified atom stereocenters. The molecule has 1 aliphatic heterocycles. The van der Waals surface area contributed by atoms with Crippen LogP contribution in [0, 0.1) is 11.3 Å². The molecule has 38 heavy (non-hydrogen) atoms. The Hall–Kier alpha value is -3.41. The van der Waals surface area contributed by atoms with Gasteiger partial charge in [-0.25, -0.2) is 0 Å². The predicted octanol–water partition coefficient (Wildman–Crippen LogP) is 4.91. The lowest BCUT2D eigenvalue weighted by Gasteiger charge is -2.43. The van der Waals surface area contributed by atoms with Crippen LogP contribution in [0.2, 0.25) is 5.02 Å². The second-order valence-electron chi connectivity index (χ2n) is 9.03. The zero-order valence-corrected chi connectivity index (χ0v) is 22.7. The summed E-state index contributed by atoms with van der Waals surface area (Å²) >= 11 is 6.12. The van der Waals surface area contributed by atoms with Crippen LogP contribution in [0.3, 0.4) is 0 Å². The molecule has 3 aromatic carbocycles. The monoisotopic (exact) mass is 535 g/mol. The topological polar surface area (TPSA) is 97.0 Å². The molecule has 0 saturated carbocycles. The molecule has 0 aromatic heterocycles. The van der Waals surface area contributed by atoms with Crippen molar-refractivity contribution in [3.63, 3.8) is 0 Å². The van der Waals surface area contributed by atoms with E-state index in [1.807, 2.05) is 43.0 Å². The minimum absolute atomic E-state index is 0.0763. The Labute approximate surface area is 229 Å². The van der Waals surface area contributed by atoms with Crippen LogP contribution in [-0.2, 0) is 10.4 Å². The van der Waals surface area contributed by atoms with Crippen molar-refractivity contribution in [2.75, 3.05) is 37.7 Å². The van der Waals surface area contributed by atoms with Gasteiger partial charge in [0, 0.05) is 23.8 Å². The number of benzene rings is 3. The number of ether oxygens (including phenoxy) is 1. The van der Waals surface area contributed by atoms with E-state index in [0.29, 0.717) is 28.4 Å². The fourth-order valence-corrected chi connectivity index (χ4v) is 4.64. The Morgan fingerprint density at radius 3 is 2.26 bits per heavy atom. The van der Waals surface area contributed by atoms with Crippen LogP contribution < -0.4 is 9.64 Å². The largest absolute Gasteiger partial charge is 0.491 e. The highest BCUT2D eigenvalue weighted by Gasteiger charge is 2.37. The first kappa shape index (κ1) is 29.2. The molecular formula is C30H34ClN3O4. The van der Waals surface area contributed by atoms with Crippen LogP contribution in [0.5, 0.6) is 5.75 Å². The number of carbonyl (C=O) groups excluding carboxylic acids is 1. The number of β-amino-alcohol motifs (C(OH)–C–C–N with tert-alkyl or cyclic N) is 1. The molecule has 1 aliphatic rings. The van der Waals surface area contributed by atoms with Gasteiger partial charge in [0.2, 0.25) is 5.91 Å². The lowest BCUT2D eigenvalue weighted by molar-refractivity contribution is -0.123. The molecule has 1 fully saturated rings. The summed E-state index contributed by atoms with van der Waals surface area (Å²) < 4.78 is 5.46. The molecule has 200 valence electrons. The Bertz CT molecular complexity index is 1220. The number of nitriles is 1. The summed E-state index contributed by atoms with van der Waals surface area (Å²) in [4.78, 5) is 17.2. The minimum Gasteiger partial charge on any atom is -0.491 e. The minimum atomic E-state index is -1.22. The van der Waals surface area contributed by atoms with Crippen molar-refractivity contribution in [2.24, 2.45) is 0 Å². The molecule has 0 bridgehead atoms. The molecule has 3 aromatic rings. The number of hydrogen-bond donors (Lipinski definition) is 2. The van der Waals surface area contributed by atoms with Gasteiger partial charge in [0.15, 0.2) is 0 Å². The first-order valence-corrected chi connectivity index (χ1v) is 13.0. The maximum atomic E-state index is 13.5. The summed E-state index contributed by atoms with van der Waals surface area (Å²) in [5.74, 6) is 0.515. The zero-order chi connectivity index (χ0) is 27.7. The average Bonchev–Trinajstić information content (AvgIpc) is 2.93. The first-order chi connectivity index (χ1) is 18.3. The number of aliphatic hydroxyl groups is 2. The maximum absolute atomic E-state index is 13.5. The van der Waals surface area contributed by atoms with E-state index >= 15 is 0 Å². The quantitative estimate of drug-likeness (QED) is 0.425. The van der Waals surface area contributed by atoms with Crippen LogP contribution >= 0.6 is 11.6 Å². The third-order valence-corrected chi connectivity index (χ3v) is 6.52. The molecule has 2 N–H and O–H groups in total. The molecule has 8 heteroatoms. The molecule has 1 amide bonds. The average molecular weight is 536 g/mol. The van der Waals surface area contributed by atoms with Gasteiger partial charge in [-0.15, -0.1) is 0 Å². The standard InChI is InChI=1S/C28H28ClN3O4.C2H6/c1-28(35,22-6-2-20(16-30)3-7-22)19-31-17-26(21-4-8-23(29)9-5-21)32(27(34)18-31)24-10-12-25(13-11-24)36-15-14-33;1-2/h2-13,26,33,35H,14-15,17-19H2,1H3;1-2H3/t26-,28+;/m0./s1. The molecule has 0 aliphatic carbocycles. The Morgan fingerprint density at radius 1 is 1.05 bits per heavy atom. The van der Waals surface area contributed by atoms with Gasteiger partial charge in [0.1, 0.15) is 12.4 Å². The summed E-state index contributed by atoms with van der Waals surface area (Å²) in [7, 11) is 0. The summed E-state index contributed by atoms with van der Waals surface area (Å²) in [6, 6.07) is 23.3. The van der Waals surface area contributed by atoms with Crippen LogP contribution in [0.1, 0.15) is 43.5 Å². The Morgan fingerprint density at radius 2 is 1.68 bits per heavy atom. The summed E-state index contributed by atoms with van der Waals surface area (Å²) in [6.07, 6.45) is 0. The van der Waals surface area contributed by atoms with E-state index in [0.717, 1.165) is 11.3 Å². The molecule has 4 rings (SSSR count). The molecule has 0 spiro atoms.